The fourth-order valence-corrected chi connectivity index (χ4v) is 3.12. The summed E-state index contributed by atoms with van der Waals surface area (Å²) in [7, 11) is 6.08. The van der Waals surface area contributed by atoms with E-state index >= 15 is 0 Å². The van der Waals surface area contributed by atoms with E-state index in [1.165, 1.54) is 11.3 Å². The van der Waals surface area contributed by atoms with Crippen LogP contribution in [0.5, 0.6) is 0 Å². The molecule has 1 aromatic rings. The number of fused-ring (bicyclic) bond motifs is 1. The minimum absolute atomic E-state index is 0.0286. The van der Waals surface area contributed by atoms with Gasteiger partial charge in [0.2, 0.25) is 0 Å². The molecule has 6 heteroatoms. The summed E-state index contributed by atoms with van der Waals surface area (Å²) >= 11 is 0. The number of carbonyl (C=O) groups is 2. The first-order valence-electron chi connectivity index (χ1n) is 8.50. The summed E-state index contributed by atoms with van der Waals surface area (Å²) in [5.74, 6) is -1.16. The van der Waals surface area contributed by atoms with Crippen LogP contribution in [0.25, 0.3) is 0 Å². The molecule has 0 bridgehead atoms. The number of nitrogens with zero attached hydrogens (tertiary/aromatic N) is 2. The molecule has 24 heavy (non-hydrogen) atoms. The van der Waals surface area contributed by atoms with E-state index in [1.54, 1.807) is 6.92 Å². The zero-order valence-corrected chi connectivity index (χ0v) is 15.1. The van der Waals surface area contributed by atoms with Crippen molar-refractivity contribution in [2.45, 2.75) is 25.8 Å². The molecule has 1 aromatic carbocycles. The first-order chi connectivity index (χ1) is 11.4. The predicted molar refractivity (Wildman–Crippen MR) is 96.2 cm³/mol. The lowest BCUT2D eigenvalue weighted by molar-refractivity contribution is -0.139. The smallest absolute Gasteiger partial charge is 0.309 e. The van der Waals surface area contributed by atoms with Crippen molar-refractivity contribution in [3.8, 4) is 0 Å². The van der Waals surface area contributed by atoms with E-state index in [0.717, 1.165) is 24.9 Å². The van der Waals surface area contributed by atoms with Gasteiger partial charge in [0, 0.05) is 32.4 Å². The van der Waals surface area contributed by atoms with Crippen molar-refractivity contribution in [3.63, 3.8) is 0 Å². The second-order valence-corrected chi connectivity index (χ2v) is 6.46. The third kappa shape index (κ3) is 4.26. The van der Waals surface area contributed by atoms with Gasteiger partial charge in [0.15, 0.2) is 0 Å². The molecule has 1 atom stereocenters. The molecule has 1 heterocycles. The van der Waals surface area contributed by atoms with Gasteiger partial charge in [-0.15, -0.1) is 0 Å². The molecule has 2 amide bonds. The molecule has 1 aliphatic heterocycles. The lowest BCUT2D eigenvalue weighted by Gasteiger charge is -2.30. The van der Waals surface area contributed by atoms with Crippen LogP contribution in [0.3, 0.4) is 0 Å². The van der Waals surface area contributed by atoms with Crippen LogP contribution in [-0.2, 0) is 16.0 Å². The number of likely N-dealkylation sites (N-methyl/N-ethyl adjacent to an activating group) is 2. The molecule has 6 nitrogen and oxygen atoms in total. The standard InChI is InChI=1S/C18H28N4O2/c1-5-19-17(23)18(24)20-12-16(21(2)3)14-8-9-15-13(11-14)7-6-10-22(15)4/h8-9,11,16H,5-7,10,12H2,1-4H3,(H,19,23)(H,20,24)/t16-/m0/s1. The average Bonchev–Trinajstić information content (AvgIpc) is 2.55. The van der Waals surface area contributed by atoms with Crippen molar-refractivity contribution in [1.82, 2.24) is 15.5 Å². The SMILES string of the molecule is CCNC(=O)C(=O)NC[C@@H](c1ccc2c(c1)CCCN2C)N(C)C. The zero-order chi connectivity index (χ0) is 17.7. The van der Waals surface area contributed by atoms with E-state index in [4.69, 9.17) is 0 Å². The number of amides is 2. The van der Waals surface area contributed by atoms with E-state index in [9.17, 15) is 9.59 Å². The number of anilines is 1. The maximum Gasteiger partial charge on any atom is 0.309 e. The second-order valence-electron chi connectivity index (χ2n) is 6.46. The molecule has 0 fully saturated rings. The molecule has 2 rings (SSSR count). The Hall–Kier alpha value is -2.08. The van der Waals surface area contributed by atoms with Gasteiger partial charge in [0.25, 0.3) is 0 Å². The fraction of sp³-hybridized carbons (Fsp3) is 0.556. The van der Waals surface area contributed by atoms with Crippen LogP contribution in [0, 0.1) is 0 Å². The van der Waals surface area contributed by atoms with Gasteiger partial charge in [-0.25, -0.2) is 0 Å². The third-order valence-electron chi connectivity index (χ3n) is 4.46. The second kappa shape index (κ2) is 8.15. The highest BCUT2D eigenvalue weighted by molar-refractivity contribution is 6.35. The zero-order valence-electron chi connectivity index (χ0n) is 15.1. The van der Waals surface area contributed by atoms with Crippen molar-refractivity contribution in [1.29, 1.82) is 0 Å². The molecule has 0 spiro atoms. The van der Waals surface area contributed by atoms with Gasteiger partial charge in [0.1, 0.15) is 0 Å². The topological polar surface area (TPSA) is 64.7 Å². The number of hydrogen-bond acceptors (Lipinski definition) is 4. The van der Waals surface area contributed by atoms with Crippen molar-refractivity contribution in [2.24, 2.45) is 0 Å². The van der Waals surface area contributed by atoms with Gasteiger partial charge < -0.3 is 20.4 Å². The summed E-state index contributed by atoms with van der Waals surface area (Å²) in [6.45, 7) is 3.73. The van der Waals surface area contributed by atoms with Crippen LogP contribution in [0.15, 0.2) is 18.2 Å². The highest BCUT2D eigenvalue weighted by Gasteiger charge is 2.21. The number of benzene rings is 1. The van der Waals surface area contributed by atoms with Crippen molar-refractivity contribution >= 4 is 17.5 Å². The van der Waals surface area contributed by atoms with E-state index in [2.05, 4.69) is 45.7 Å². The van der Waals surface area contributed by atoms with Crippen LogP contribution in [0.4, 0.5) is 5.69 Å². The summed E-state index contributed by atoms with van der Waals surface area (Å²) in [5, 5.41) is 5.25. The Morgan fingerprint density at radius 3 is 2.62 bits per heavy atom. The molecular weight excluding hydrogens is 304 g/mol. The molecule has 0 aliphatic carbocycles. The number of carbonyl (C=O) groups excluding carboxylic acids is 2. The molecule has 1 aliphatic rings. The summed E-state index contributed by atoms with van der Waals surface area (Å²) in [6, 6.07) is 6.53. The Morgan fingerprint density at radius 2 is 1.96 bits per heavy atom. The lowest BCUT2D eigenvalue weighted by Crippen LogP contribution is -2.43. The van der Waals surface area contributed by atoms with Crippen molar-refractivity contribution in [3.05, 3.63) is 29.3 Å². The molecule has 2 N–H and O–H groups in total. The van der Waals surface area contributed by atoms with Gasteiger partial charge in [0.05, 0.1) is 6.04 Å². The Kier molecular flexibility index (Phi) is 6.20. The Labute approximate surface area is 144 Å². The molecule has 132 valence electrons. The molecular formula is C18H28N4O2. The van der Waals surface area contributed by atoms with E-state index in [0.29, 0.717) is 13.1 Å². The summed E-state index contributed by atoms with van der Waals surface area (Å²) in [4.78, 5) is 27.7. The van der Waals surface area contributed by atoms with E-state index in [1.807, 2.05) is 14.1 Å². The molecule has 0 saturated carbocycles. The van der Waals surface area contributed by atoms with Crippen LogP contribution in [-0.4, -0.2) is 57.5 Å². The number of hydrogen-bond donors (Lipinski definition) is 2. The number of nitrogens with one attached hydrogen (secondary N) is 2. The number of rotatable bonds is 5. The van der Waals surface area contributed by atoms with Gasteiger partial charge in [-0.3, -0.25) is 9.59 Å². The van der Waals surface area contributed by atoms with Crippen LogP contribution in [0.1, 0.15) is 30.5 Å². The van der Waals surface area contributed by atoms with E-state index in [-0.39, 0.29) is 6.04 Å². The quantitative estimate of drug-likeness (QED) is 0.787. The predicted octanol–water partition coefficient (Wildman–Crippen LogP) is 0.924. The van der Waals surface area contributed by atoms with Gasteiger partial charge >= 0.3 is 11.8 Å². The maximum atomic E-state index is 11.8. The lowest BCUT2D eigenvalue weighted by atomic mass is 9.96. The third-order valence-corrected chi connectivity index (χ3v) is 4.46. The first kappa shape index (κ1) is 18.3. The van der Waals surface area contributed by atoms with Crippen LogP contribution >= 0.6 is 0 Å². The Morgan fingerprint density at radius 1 is 1.25 bits per heavy atom. The largest absolute Gasteiger partial charge is 0.374 e. The molecule has 0 unspecified atom stereocenters. The normalized spacial score (nSPS) is 15.0. The van der Waals surface area contributed by atoms with Crippen molar-refractivity contribution in [2.75, 3.05) is 45.7 Å². The Bertz CT molecular complexity index is 601. The summed E-state index contributed by atoms with van der Waals surface area (Å²) in [6.07, 6.45) is 2.24. The Balaban J connectivity index is 2.10. The van der Waals surface area contributed by atoms with E-state index < -0.39 is 11.8 Å². The fourth-order valence-electron chi connectivity index (χ4n) is 3.12. The van der Waals surface area contributed by atoms with Gasteiger partial charge in [-0.1, -0.05) is 12.1 Å². The minimum atomic E-state index is -0.582. The summed E-state index contributed by atoms with van der Waals surface area (Å²) in [5.41, 5.74) is 3.79. The number of aryl methyl sites for hydroxylation is 1. The van der Waals surface area contributed by atoms with Crippen molar-refractivity contribution < 1.29 is 9.59 Å². The van der Waals surface area contributed by atoms with Crippen LogP contribution < -0.4 is 15.5 Å². The maximum absolute atomic E-state index is 11.8. The van der Waals surface area contributed by atoms with Gasteiger partial charge in [-0.2, -0.15) is 0 Å². The minimum Gasteiger partial charge on any atom is -0.374 e. The molecule has 0 radical (unpaired) electrons. The summed E-state index contributed by atoms with van der Waals surface area (Å²) < 4.78 is 0. The van der Waals surface area contributed by atoms with Crippen LogP contribution in [0.2, 0.25) is 0 Å². The molecule has 0 aromatic heterocycles. The first-order valence-corrected chi connectivity index (χ1v) is 8.50. The highest BCUT2D eigenvalue weighted by atomic mass is 16.2. The van der Waals surface area contributed by atoms with Gasteiger partial charge in [-0.05, 0) is 51.1 Å². The monoisotopic (exact) mass is 332 g/mol. The average molecular weight is 332 g/mol. The molecule has 0 saturated heterocycles. The highest BCUT2D eigenvalue weighted by Crippen LogP contribution is 2.29.